The Bertz CT molecular complexity index is 848. The quantitative estimate of drug-likeness (QED) is 0.719. The van der Waals surface area contributed by atoms with E-state index in [0.29, 0.717) is 16.8 Å². The number of phenolic OH excluding ortho intramolecular Hbond substituents is 1. The molecule has 1 fully saturated rings. The Kier molecular flexibility index (Phi) is 5.55. The molecule has 1 saturated heterocycles. The summed E-state index contributed by atoms with van der Waals surface area (Å²) in [5, 5.41) is 23.4. The number of pyridine rings is 1. The first-order valence-corrected chi connectivity index (χ1v) is 8.99. The molecule has 0 saturated carbocycles. The number of anilines is 1. The van der Waals surface area contributed by atoms with Crippen molar-refractivity contribution >= 4 is 5.82 Å². The van der Waals surface area contributed by atoms with Gasteiger partial charge in [0.15, 0.2) is 0 Å². The summed E-state index contributed by atoms with van der Waals surface area (Å²) in [4.78, 5) is 4.45. The Hall–Kier alpha value is -2.84. The molecule has 2 aromatic rings. The molecule has 5 nitrogen and oxygen atoms in total. The third-order valence-corrected chi connectivity index (χ3v) is 4.97. The molecule has 1 aliphatic heterocycles. The van der Waals surface area contributed by atoms with Gasteiger partial charge in [-0.2, -0.15) is 5.26 Å². The molecule has 1 aromatic heterocycles. The zero-order valence-corrected chi connectivity index (χ0v) is 14.8. The monoisotopic (exact) mass is 348 g/mol. The van der Waals surface area contributed by atoms with E-state index >= 15 is 0 Å². The van der Waals surface area contributed by atoms with Gasteiger partial charge in [0, 0.05) is 5.56 Å². The number of nitrogens with two attached hydrogens (primary N) is 1. The summed E-state index contributed by atoms with van der Waals surface area (Å²) in [5.74, 6) is 0.688. The number of hydrogen-bond acceptors (Lipinski definition) is 5. The zero-order valence-electron chi connectivity index (χ0n) is 14.8. The number of rotatable bonds is 5. The Morgan fingerprint density at radius 3 is 2.85 bits per heavy atom. The molecule has 134 valence electrons. The number of phenols is 1. The van der Waals surface area contributed by atoms with E-state index in [0.717, 1.165) is 49.9 Å². The van der Waals surface area contributed by atoms with Gasteiger partial charge < -0.3 is 16.2 Å². The summed E-state index contributed by atoms with van der Waals surface area (Å²) in [6, 6.07) is 9.64. The maximum absolute atomic E-state index is 10.5. The number of aromatic hydroxyl groups is 1. The molecular weight excluding hydrogens is 324 g/mol. The minimum atomic E-state index is 0.180. The van der Waals surface area contributed by atoms with Crippen LogP contribution in [0.5, 0.6) is 5.75 Å². The van der Waals surface area contributed by atoms with Crippen molar-refractivity contribution in [2.75, 3.05) is 18.8 Å². The Morgan fingerprint density at radius 2 is 2.15 bits per heavy atom. The minimum Gasteiger partial charge on any atom is -0.507 e. The van der Waals surface area contributed by atoms with Gasteiger partial charge in [-0.25, -0.2) is 4.98 Å². The predicted octanol–water partition coefficient (Wildman–Crippen LogP) is 3.49. The van der Waals surface area contributed by atoms with E-state index in [1.165, 1.54) is 0 Å². The lowest BCUT2D eigenvalue weighted by Crippen LogP contribution is -2.27. The van der Waals surface area contributed by atoms with E-state index in [1.807, 2.05) is 24.3 Å². The van der Waals surface area contributed by atoms with E-state index in [1.54, 1.807) is 6.07 Å². The van der Waals surface area contributed by atoms with Crippen LogP contribution in [-0.4, -0.2) is 23.2 Å². The number of piperidine rings is 1. The first kappa shape index (κ1) is 18.0. The number of nitriles is 1. The van der Waals surface area contributed by atoms with Gasteiger partial charge >= 0.3 is 0 Å². The molecule has 0 radical (unpaired) electrons. The van der Waals surface area contributed by atoms with E-state index in [4.69, 9.17) is 5.73 Å². The van der Waals surface area contributed by atoms with Crippen LogP contribution in [0.1, 0.15) is 41.9 Å². The summed E-state index contributed by atoms with van der Waals surface area (Å²) in [6.07, 6.45) is 5.35. The lowest BCUT2D eigenvalue weighted by molar-refractivity contribution is 0.459. The molecule has 1 aromatic carbocycles. The molecule has 0 atom stereocenters. The van der Waals surface area contributed by atoms with E-state index in [-0.39, 0.29) is 17.5 Å². The lowest BCUT2D eigenvalue weighted by atomic mass is 9.86. The standard InChI is InChI=1S/C21H24N4O/c1-2-3-5-15-6-4-7-19(26)20(15)18-12-16(14-8-10-24-11-9-14)17(13-22)21(23)25-18/h2,4,6-7,12,14,24,26H,1,3,5,8-11H2,(H2,23,25). The predicted molar refractivity (Wildman–Crippen MR) is 104 cm³/mol. The second-order valence-electron chi connectivity index (χ2n) is 6.63. The van der Waals surface area contributed by atoms with E-state index in [2.05, 4.69) is 22.9 Å². The second-order valence-corrected chi connectivity index (χ2v) is 6.63. The molecule has 0 unspecified atom stereocenters. The van der Waals surface area contributed by atoms with E-state index < -0.39 is 0 Å². The van der Waals surface area contributed by atoms with Crippen LogP contribution in [0, 0.1) is 11.3 Å². The highest BCUT2D eigenvalue weighted by Gasteiger charge is 2.23. The number of aromatic nitrogens is 1. The van der Waals surface area contributed by atoms with Gasteiger partial charge in [-0.05, 0) is 68.0 Å². The third kappa shape index (κ3) is 3.56. The van der Waals surface area contributed by atoms with Crippen LogP contribution < -0.4 is 11.1 Å². The van der Waals surface area contributed by atoms with Crippen LogP contribution in [0.2, 0.25) is 0 Å². The number of aryl methyl sites for hydroxylation is 1. The maximum atomic E-state index is 10.5. The average molecular weight is 348 g/mol. The SMILES string of the molecule is C=CCCc1cccc(O)c1-c1cc(C2CCNCC2)c(C#N)c(N)n1. The van der Waals surface area contributed by atoms with Crippen LogP contribution in [0.15, 0.2) is 36.9 Å². The minimum absolute atomic E-state index is 0.180. The molecule has 3 rings (SSSR count). The summed E-state index contributed by atoms with van der Waals surface area (Å²) in [7, 11) is 0. The average Bonchev–Trinajstić information content (AvgIpc) is 2.66. The van der Waals surface area contributed by atoms with Crippen LogP contribution >= 0.6 is 0 Å². The largest absolute Gasteiger partial charge is 0.507 e. The molecule has 26 heavy (non-hydrogen) atoms. The van der Waals surface area contributed by atoms with Gasteiger partial charge in [0.1, 0.15) is 17.6 Å². The van der Waals surface area contributed by atoms with Gasteiger partial charge in [-0.3, -0.25) is 0 Å². The van der Waals surface area contributed by atoms with Crippen molar-refractivity contribution in [3.05, 3.63) is 53.6 Å². The first-order chi connectivity index (χ1) is 12.7. The second kappa shape index (κ2) is 8.03. The number of nitrogens with one attached hydrogen (secondary N) is 1. The normalized spacial score (nSPS) is 14.7. The van der Waals surface area contributed by atoms with Crippen molar-refractivity contribution in [1.82, 2.24) is 10.3 Å². The van der Waals surface area contributed by atoms with Gasteiger partial charge in [0.2, 0.25) is 0 Å². The van der Waals surface area contributed by atoms with E-state index in [9.17, 15) is 10.4 Å². The Morgan fingerprint density at radius 1 is 1.38 bits per heavy atom. The highest BCUT2D eigenvalue weighted by molar-refractivity contribution is 5.74. The Labute approximate surface area is 154 Å². The molecule has 4 N–H and O–H groups in total. The zero-order chi connectivity index (χ0) is 18.5. The van der Waals surface area contributed by atoms with Crippen molar-refractivity contribution in [2.24, 2.45) is 0 Å². The van der Waals surface area contributed by atoms with Crippen molar-refractivity contribution in [2.45, 2.75) is 31.6 Å². The molecule has 0 spiro atoms. The number of allylic oxidation sites excluding steroid dienone is 1. The van der Waals surface area contributed by atoms with Gasteiger partial charge in [0.25, 0.3) is 0 Å². The molecule has 0 aliphatic carbocycles. The van der Waals surface area contributed by atoms with Crippen molar-refractivity contribution in [3.8, 4) is 23.1 Å². The lowest BCUT2D eigenvalue weighted by Gasteiger charge is -2.25. The topological polar surface area (TPSA) is 95.0 Å². The molecule has 5 heteroatoms. The molecule has 2 heterocycles. The highest BCUT2D eigenvalue weighted by Crippen LogP contribution is 2.37. The van der Waals surface area contributed by atoms with Gasteiger partial charge in [-0.15, -0.1) is 6.58 Å². The Balaban J connectivity index is 2.13. The van der Waals surface area contributed by atoms with Crippen molar-refractivity contribution < 1.29 is 5.11 Å². The molecule has 0 amide bonds. The highest BCUT2D eigenvalue weighted by atomic mass is 16.3. The van der Waals surface area contributed by atoms with Crippen LogP contribution in [-0.2, 0) is 6.42 Å². The van der Waals surface area contributed by atoms with Gasteiger partial charge in [-0.1, -0.05) is 18.2 Å². The molecule has 0 bridgehead atoms. The third-order valence-electron chi connectivity index (χ3n) is 4.97. The maximum Gasteiger partial charge on any atom is 0.142 e. The fourth-order valence-corrected chi connectivity index (χ4v) is 3.64. The van der Waals surface area contributed by atoms with Crippen LogP contribution in [0.25, 0.3) is 11.3 Å². The van der Waals surface area contributed by atoms with Crippen molar-refractivity contribution in [1.29, 1.82) is 5.26 Å². The number of hydrogen-bond donors (Lipinski definition) is 3. The van der Waals surface area contributed by atoms with Crippen LogP contribution in [0.4, 0.5) is 5.82 Å². The number of nitrogen functional groups attached to an aromatic ring is 1. The summed E-state index contributed by atoms with van der Waals surface area (Å²) < 4.78 is 0. The summed E-state index contributed by atoms with van der Waals surface area (Å²) >= 11 is 0. The van der Waals surface area contributed by atoms with Crippen molar-refractivity contribution in [3.63, 3.8) is 0 Å². The molecular formula is C21H24N4O. The fourth-order valence-electron chi connectivity index (χ4n) is 3.64. The number of benzene rings is 1. The summed E-state index contributed by atoms with van der Waals surface area (Å²) in [6.45, 7) is 5.62. The smallest absolute Gasteiger partial charge is 0.142 e. The molecule has 1 aliphatic rings. The number of nitrogens with zero attached hydrogens (tertiary/aromatic N) is 2. The fraction of sp³-hybridized carbons (Fsp3) is 0.333. The first-order valence-electron chi connectivity index (χ1n) is 8.99. The summed E-state index contributed by atoms with van der Waals surface area (Å²) in [5.41, 5.74) is 9.86. The van der Waals surface area contributed by atoms with Gasteiger partial charge in [0.05, 0.1) is 11.3 Å². The van der Waals surface area contributed by atoms with Crippen LogP contribution in [0.3, 0.4) is 0 Å².